The van der Waals surface area contributed by atoms with Crippen LogP contribution >= 0.6 is 11.6 Å². The molecule has 0 spiro atoms. The average molecular weight is 264 g/mol. The molecule has 0 aromatic heterocycles. The summed E-state index contributed by atoms with van der Waals surface area (Å²) in [5.74, 6) is 2.02. The van der Waals surface area contributed by atoms with E-state index in [2.05, 4.69) is 24.4 Å². The molecular formula is C16H22ClN. The summed E-state index contributed by atoms with van der Waals surface area (Å²) in [7, 11) is 0. The molecule has 1 aromatic rings. The van der Waals surface area contributed by atoms with Crippen LogP contribution in [-0.2, 0) is 0 Å². The molecule has 0 heterocycles. The lowest BCUT2D eigenvalue weighted by molar-refractivity contribution is 0.303. The summed E-state index contributed by atoms with van der Waals surface area (Å²) in [5.41, 5.74) is 2.40. The molecule has 2 unspecified atom stereocenters. The van der Waals surface area contributed by atoms with Gasteiger partial charge in [-0.2, -0.15) is 0 Å². The lowest BCUT2D eigenvalue weighted by Gasteiger charge is -2.31. The first-order valence-corrected chi connectivity index (χ1v) is 7.63. The van der Waals surface area contributed by atoms with Gasteiger partial charge in [0.05, 0.1) is 10.7 Å². The maximum atomic E-state index is 6.26. The highest BCUT2D eigenvalue weighted by Gasteiger charge is 2.34. The third-order valence-electron chi connectivity index (χ3n) is 4.48. The fourth-order valence-corrected chi connectivity index (χ4v) is 3.50. The molecule has 0 saturated heterocycles. The second-order valence-corrected chi connectivity index (χ2v) is 6.50. The lowest BCUT2D eigenvalue weighted by Crippen LogP contribution is -2.28. The normalized spacial score (nSPS) is 28.1. The minimum absolute atomic E-state index is 0.628. The second kappa shape index (κ2) is 5.13. The molecule has 0 bridgehead atoms. The largest absolute Gasteiger partial charge is 0.381 e. The lowest BCUT2D eigenvalue weighted by atomic mass is 9.82. The van der Waals surface area contributed by atoms with Crippen molar-refractivity contribution in [2.45, 2.75) is 51.5 Å². The number of hydrogen-bond donors (Lipinski definition) is 1. The van der Waals surface area contributed by atoms with Crippen LogP contribution in [0.5, 0.6) is 0 Å². The van der Waals surface area contributed by atoms with Gasteiger partial charge in [0.2, 0.25) is 0 Å². The van der Waals surface area contributed by atoms with Crippen molar-refractivity contribution in [3.8, 4) is 0 Å². The molecule has 2 aliphatic rings. The molecule has 2 saturated carbocycles. The van der Waals surface area contributed by atoms with Gasteiger partial charge < -0.3 is 5.32 Å². The van der Waals surface area contributed by atoms with Crippen molar-refractivity contribution in [1.29, 1.82) is 0 Å². The van der Waals surface area contributed by atoms with E-state index >= 15 is 0 Å². The van der Waals surface area contributed by atoms with Crippen molar-refractivity contribution >= 4 is 17.3 Å². The van der Waals surface area contributed by atoms with Gasteiger partial charge in [-0.1, -0.05) is 30.5 Å². The summed E-state index contributed by atoms with van der Waals surface area (Å²) in [5, 5.41) is 4.53. The highest BCUT2D eigenvalue weighted by molar-refractivity contribution is 6.33. The fourth-order valence-electron chi connectivity index (χ4n) is 3.32. The van der Waals surface area contributed by atoms with E-state index in [4.69, 9.17) is 11.6 Å². The Bertz CT molecular complexity index is 425. The van der Waals surface area contributed by atoms with E-state index in [0.29, 0.717) is 6.04 Å². The summed E-state index contributed by atoms with van der Waals surface area (Å²) < 4.78 is 0. The van der Waals surface area contributed by atoms with Gasteiger partial charge in [-0.25, -0.2) is 0 Å². The Kier molecular flexibility index (Phi) is 3.52. The number of rotatable bonds is 3. The third-order valence-corrected chi connectivity index (χ3v) is 4.81. The smallest absolute Gasteiger partial charge is 0.0637 e. The standard InChI is InChI=1S/C16H22ClN/c1-11-5-8-15(17)16(9-11)18-14-4-2-3-13(10-14)12-6-7-12/h5,8-9,12-14,18H,2-4,6-7,10H2,1H3. The number of aryl methyl sites for hydroxylation is 1. The van der Waals surface area contributed by atoms with E-state index in [1.165, 1.54) is 44.1 Å². The quantitative estimate of drug-likeness (QED) is 0.807. The molecular weight excluding hydrogens is 242 g/mol. The van der Waals surface area contributed by atoms with Gasteiger partial charge in [-0.05, 0) is 62.1 Å². The molecule has 1 nitrogen and oxygen atoms in total. The predicted molar refractivity (Wildman–Crippen MR) is 78.3 cm³/mol. The average Bonchev–Trinajstić information content (AvgIpc) is 3.18. The molecule has 3 rings (SSSR count). The fraction of sp³-hybridized carbons (Fsp3) is 0.625. The van der Waals surface area contributed by atoms with Crippen LogP contribution in [0.4, 0.5) is 5.69 Å². The van der Waals surface area contributed by atoms with Gasteiger partial charge in [-0.15, -0.1) is 0 Å². The summed E-state index contributed by atoms with van der Waals surface area (Å²) in [4.78, 5) is 0. The Morgan fingerprint density at radius 3 is 2.72 bits per heavy atom. The molecule has 98 valence electrons. The summed E-state index contributed by atoms with van der Waals surface area (Å²) in [6.45, 7) is 2.12. The van der Waals surface area contributed by atoms with Crippen molar-refractivity contribution < 1.29 is 0 Å². The third kappa shape index (κ3) is 2.83. The molecule has 2 aliphatic carbocycles. The predicted octanol–water partition coefficient (Wildman–Crippen LogP) is 5.03. The van der Waals surface area contributed by atoms with Crippen molar-refractivity contribution in [3.05, 3.63) is 28.8 Å². The first-order chi connectivity index (χ1) is 8.72. The zero-order chi connectivity index (χ0) is 12.5. The Labute approximate surface area is 115 Å². The van der Waals surface area contributed by atoms with Crippen molar-refractivity contribution in [1.82, 2.24) is 0 Å². The van der Waals surface area contributed by atoms with E-state index in [-0.39, 0.29) is 0 Å². The number of nitrogens with one attached hydrogen (secondary N) is 1. The Morgan fingerprint density at radius 1 is 1.11 bits per heavy atom. The SMILES string of the molecule is Cc1ccc(Cl)c(NC2CCCC(C3CC3)C2)c1. The first-order valence-electron chi connectivity index (χ1n) is 7.25. The van der Waals surface area contributed by atoms with Crippen molar-refractivity contribution in [3.63, 3.8) is 0 Å². The van der Waals surface area contributed by atoms with Crippen LogP contribution in [0.25, 0.3) is 0 Å². The molecule has 2 atom stereocenters. The van der Waals surface area contributed by atoms with E-state index in [1.54, 1.807) is 0 Å². The van der Waals surface area contributed by atoms with E-state index < -0.39 is 0 Å². The van der Waals surface area contributed by atoms with E-state index in [9.17, 15) is 0 Å². The highest BCUT2D eigenvalue weighted by Crippen LogP contribution is 2.44. The number of hydrogen-bond acceptors (Lipinski definition) is 1. The minimum atomic E-state index is 0.628. The van der Waals surface area contributed by atoms with Crippen LogP contribution in [0, 0.1) is 18.8 Å². The maximum absolute atomic E-state index is 6.26. The summed E-state index contributed by atoms with van der Waals surface area (Å²) in [6, 6.07) is 6.87. The van der Waals surface area contributed by atoms with Gasteiger partial charge in [-0.3, -0.25) is 0 Å². The number of halogens is 1. The number of anilines is 1. The monoisotopic (exact) mass is 263 g/mol. The summed E-state index contributed by atoms with van der Waals surface area (Å²) >= 11 is 6.26. The van der Waals surface area contributed by atoms with Crippen LogP contribution in [0.15, 0.2) is 18.2 Å². The second-order valence-electron chi connectivity index (χ2n) is 6.09. The van der Waals surface area contributed by atoms with Gasteiger partial charge in [0.15, 0.2) is 0 Å². The van der Waals surface area contributed by atoms with E-state index in [1.807, 2.05) is 6.07 Å². The van der Waals surface area contributed by atoms with Crippen LogP contribution in [0.1, 0.15) is 44.1 Å². The highest BCUT2D eigenvalue weighted by atomic mass is 35.5. The van der Waals surface area contributed by atoms with Crippen LogP contribution in [-0.4, -0.2) is 6.04 Å². The molecule has 2 heteroatoms. The Morgan fingerprint density at radius 2 is 1.94 bits per heavy atom. The molecule has 0 aliphatic heterocycles. The molecule has 0 amide bonds. The van der Waals surface area contributed by atoms with E-state index in [0.717, 1.165) is 22.5 Å². The van der Waals surface area contributed by atoms with Gasteiger partial charge in [0.1, 0.15) is 0 Å². The Hall–Kier alpha value is -0.690. The molecule has 18 heavy (non-hydrogen) atoms. The van der Waals surface area contributed by atoms with Crippen LogP contribution < -0.4 is 5.32 Å². The van der Waals surface area contributed by atoms with Crippen LogP contribution in [0.3, 0.4) is 0 Å². The van der Waals surface area contributed by atoms with Gasteiger partial charge in [0, 0.05) is 6.04 Å². The molecule has 1 aromatic carbocycles. The van der Waals surface area contributed by atoms with Crippen molar-refractivity contribution in [2.75, 3.05) is 5.32 Å². The van der Waals surface area contributed by atoms with Gasteiger partial charge in [0.25, 0.3) is 0 Å². The zero-order valence-corrected chi connectivity index (χ0v) is 11.8. The summed E-state index contributed by atoms with van der Waals surface area (Å²) in [6.07, 6.45) is 8.42. The first kappa shape index (κ1) is 12.3. The molecule has 1 N–H and O–H groups in total. The van der Waals surface area contributed by atoms with Gasteiger partial charge >= 0.3 is 0 Å². The topological polar surface area (TPSA) is 12.0 Å². The minimum Gasteiger partial charge on any atom is -0.381 e. The van der Waals surface area contributed by atoms with Crippen molar-refractivity contribution in [2.24, 2.45) is 11.8 Å². The maximum Gasteiger partial charge on any atom is 0.0637 e. The van der Waals surface area contributed by atoms with Crippen LogP contribution in [0.2, 0.25) is 5.02 Å². The Balaban J connectivity index is 1.65. The molecule has 2 fully saturated rings. The number of benzene rings is 1. The zero-order valence-electron chi connectivity index (χ0n) is 11.1. The molecule has 0 radical (unpaired) electrons.